The molecule has 1 N–H and O–H groups in total. The van der Waals surface area contributed by atoms with Gasteiger partial charge in [-0.3, -0.25) is 4.79 Å². The van der Waals surface area contributed by atoms with Gasteiger partial charge >= 0.3 is 0 Å². The molecule has 3 nitrogen and oxygen atoms in total. The molecule has 0 bridgehead atoms. The molecule has 0 saturated carbocycles. The van der Waals surface area contributed by atoms with Crippen LogP contribution in [0.3, 0.4) is 0 Å². The van der Waals surface area contributed by atoms with Crippen LogP contribution in [-0.2, 0) is 0 Å². The summed E-state index contributed by atoms with van der Waals surface area (Å²) in [6, 6.07) is 15.2. The van der Waals surface area contributed by atoms with Crippen LogP contribution in [0.1, 0.15) is 21.5 Å². The van der Waals surface area contributed by atoms with Crippen LogP contribution in [0.4, 0.5) is 0 Å². The summed E-state index contributed by atoms with van der Waals surface area (Å²) in [4.78, 5) is 11.8. The van der Waals surface area contributed by atoms with Gasteiger partial charge < -0.3 is 10.1 Å². The molecule has 104 valence electrons. The Hall–Kier alpha value is -2.29. The third kappa shape index (κ3) is 3.85. The largest absolute Gasteiger partial charge is 0.491 e. The van der Waals surface area contributed by atoms with Crippen molar-refractivity contribution >= 4 is 5.91 Å². The van der Waals surface area contributed by atoms with Gasteiger partial charge in [0.1, 0.15) is 12.4 Å². The number of carbonyl (C=O) groups excluding carboxylic acids is 1. The van der Waals surface area contributed by atoms with E-state index in [2.05, 4.69) is 18.3 Å². The van der Waals surface area contributed by atoms with Gasteiger partial charge in [0.15, 0.2) is 0 Å². The molecule has 0 unspecified atom stereocenters. The number of amides is 1. The molecule has 0 spiro atoms. The lowest BCUT2D eigenvalue weighted by Gasteiger charge is -2.10. The van der Waals surface area contributed by atoms with Gasteiger partial charge in [-0.15, -0.1) is 0 Å². The molecule has 0 atom stereocenters. The second-order valence-electron chi connectivity index (χ2n) is 4.74. The van der Waals surface area contributed by atoms with Crippen molar-refractivity contribution in [1.82, 2.24) is 5.32 Å². The van der Waals surface area contributed by atoms with Gasteiger partial charge in [-0.25, -0.2) is 0 Å². The van der Waals surface area contributed by atoms with Crippen molar-refractivity contribution < 1.29 is 9.53 Å². The normalized spacial score (nSPS) is 10.1. The second kappa shape index (κ2) is 6.75. The lowest BCUT2D eigenvalue weighted by atomic mass is 10.1. The highest BCUT2D eigenvalue weighted by molar-refractivity contribution is 5.94. The predicted molar refractivity (Wildman–Crippen MR) is 80.2 cm³/mol. The molecule has 0 radical (unpaired) electrons. The molecule has 2 rings (SSSR count). The van der Waals surface area contributed by atoms with Crippen LogP contribution in [-0.4, -0.2) is 19.1 Å². The van der Waals surface area contributed by atoms with E-state index in [1.165, 1.54) is 5.56 Å². The summed E-state index contributed by atoms with van der Waals surface area (Å²) < 4.78 is 5.66. The van der Waals surface area contributed by atoms with Crippen molar-refractivity contribution in [3.05, 3.63) is 65.2 Å². The van der Waals surface area contributed by atoms with Gasteiger partial charge in [0.2, 0.25) is 0 Å². The van der Waals surface area contributed by atoms with E-state index in [4.69, 9.17) is 4.74 Å². The maximum Gasteiger partial charge on any atom is 0.251 e. The quantitative estimate of drug-likeness (QED) is 0.847. The van der Waals surface area contributed by atoms with E-state index < -0.39 is 0 Å². The number of aryl methyl sites for hydroxylation is 2. The average Bonchev–Trinajstić information content (AvgIpc) is 2.46. The van der Waals surface area contributed by atoms with Crippen LogP contribution < -0.4 is 10.1 Å². The fourth-order valence-corrected chi connectivity index (χ4v) is 1.98. The Balaban J connectivity index is 1.78. The zero-order valence-corrected chi connectivity index (χ0v) is 11.8. The van der Waals surface area contributed by atoms with E-state index in [-0.39, 0.29) is 5.91 Å². The van der Waals surface area contributed by atoms with Gasteiger partial charge in [0.25, 0.3) is 5.91 Å². The minimum atomic E-state index is -0.0742. The molecular weight excluding hydrogens is 250 g/mol. The molecule has 3 heteroatoms. The molecule has 0 aliphatic rings. The first-order valence-electron chi connectivity index (χ1n) is 6.70. The summed E-state index contributed by atoms with van der Waals surface area (Å²) in [6.07, 6.45) is 0. The summed E-state index contributed by atoms with van der Waals surface area (Å²) in [5.41, 5.74) is 2.99. The Morgan fingerprint density at radius 2 is 1.85 bits per heavy atom. The number of hydrogen-bond donors (Lipinski definition) is 1. The van der Waals surface area contributed by atoms with E-state index in [0.29, 0.717) is 18.7 Å². The molecule has 20 heavy (non-hydrogen) atoms. The van der Waals surface area contributed by atoms with Crippen molar-refractivity contribution in [3.63, 3.8) is 0 Å². The molecule has 0 saturated heterocycles. The Morgan fingerprint density at radius 1 is 1.10 bits per heavy atom. The Bertz CT molecular complexity index is 579. The first-order chi connectivity index (χ1) is 9.66. The van der Waals surface area contributed by atoms with Crippen LogP contribution in [0, 0.1) is 13.8 Å². The topological polar surface area (TPSA) is 38.3 Å². The lowest BCUT2D eigenvalue weighted by molar-refractivity contribution is 0.0947. The highest BCUT2D eigenvalue weighted by atomic mass is 16.5. The Labute approximate surface area is 119 Å². The van der Waals surface area contributed by atoms with Crippen molar-refractivity contribution in [2.75, 3.05) is 13.2 Å². The fraction of sp³-hybridized carbons (Fsp3) is 0.235. The van der Waals surface area contributed by atoms with Gasteiger partial charge in [0.05, 0.1) is 6.54 Å². The molecule has 0 aliphatic carbocycles. The molecule has 0 aliphatic heterocycles. The number of hydrogen-bond acceptors (Lipinski definition) is 2. The highest BCUT2D eigenvalue weighted by Gasteiger charge is 2.04. The zero-order chi connectivity index (χ0) is 14.4. The molecule has 2 aromatic rings. The number of benzene rings is 2. The zero-order valence-electron chi connectivity index (χ0n) is 11.8. The van der Waals surface area contributed by atoms with Gasteiger partial charge in [-0.2, -0.15) is 0 Å². The first kappa shape index (κ1) is 14.1. The third-order valence-corrected chi connectivity index (χ3v) is 3.01. The number of ether oxygens (including phenoxy) is 1. The summed E-state index contributed by atoms with van der Waals surface area (Å²) in [7, 11) is 0. The maximum atomic E-state index is 11.8. The molecule has 0 fully saturated rings. The molecule has 0 aromatic heterocycles. The molecular formula is C17H19NO2. The lowest BCUT2D eigenvalue weighted by Crippen LogP contribution is -2.28. The van der Waals surface area contributed by atoms with Gasteiger partial charge in [0, 0.05) is 5.56 Å². The Morgan fingerprint density at radius 3 is 2.55 bits per heavy atom. The standard InChI is InChI=1S/C17H19NO2/c1-13-8-9-16(14(2)12-13)20-11-10-18-17(19)15-6-4-3-5-7-15/h3-9,12H,10-11H2,1-2H3,(H,18,19). The second-order valence-corrected chi connectivity index (χ2v) is 4.74. The number of nitrogens with one attached hydrogen (secondary N) is 1. The predicted octanol–water partition coefficient (Wildman–Crippen LogP) is 3.11. The summed E-state index contributed by atoms with van der Waals surface area (Å²) >= 11 is 0. The SMILES string of the molecule is Cc1ccc(OCCNC(=O)c2ccccc2)c(C)c1. The van der Waals surface area contributed by atoms with E-state index >= 15 is 0 Å². The van der Waals surface area contributed by atoms with Crippen LogP contribution in [0.25, 0.3) is 0 Å². The highest BCUT2D eigenvalue weighted by Crippen LogP contribution is 2.18. The fourth-order valence-electron chi connectivity index (χ4n) is 1.98. The minimum absolute atomic E-state index is 0.0742. The van der Waals surface area contributed by atoms with Crippen molar-refractivity contribution in [1.29, 1.82) is 0 Å². The third-order valence-electron chi connectivity index (χ3n) is 3.01. The van der Waals surface area contributed by atoms with Crippen LogP contribution in [0.2, 0.25) is 0 Å². The molecule has 2 aromatic carbocycles. The smallest absolute Gasteiger partial charge is 0.251 e. The van der Waals surface area contributed by atoms with E-state index in [1.54, 1.807) is 12.1 Å². The Kier molecular flexibility index (Phi) is 4.77. The van der Waals surface area contributed by atoms with Gasteiger partial charge in [-0.05, 0) is 37.6 Å². The van der Waals surface area contributed by atoms with E-state index in [0.717, 1.165) is 11.3 Å². The van der Waals surface area contributed by atoms with Crippen LogP contribution >= 0.6 is 0 Å². The monoisotopic (exact) mass is 269 g/mol. The van der Waals surface area contributed by atoms with Crippen LogP contribution in [0.5, 0.6) is 5.75 Å². The van der Waals surface area contributed by atoms with E-state index in [1.807, 2.05) is 37.3 Å². The molecule has 0 heterocycles. The average molecular weight is 269 g/mol. The first-order valence-corrected chi connectivity index (χ1v) is 6.70. The minimum Gasteiger partial charge on any atom is -0.491 e. The van der Waals surface area contributed by atoms with Crippen molar-refractivity contribution in [2.45, 2.75) is 13.8 Å². The van der Waals surface area contributed by atoms with Gasteiger partial charge in [-0.1, -0.05) is 35.9 Å². The number of rotatable bonds is 5. The van der Waals surface area contributed by atoms with E-state index in [9.17, 15) is 4.79 Å². The van der Waals surface area contributed by atoms with Crippen molar-refractivity contribution in [2.24, 2.45) is 0 Å². The summed E-state index contributed by atoms with van der Waals surface area (Å²) in [6.45, 7) is 5.02. The van der Waals surface area contributed by atoms with Crippen molar-refractivity contribution in [3.8, 4) is 5.75 Å². The summed E-state index contributed by atoms with van der Waals surface area (Å²) in [5, 5.41) is 2.84. The van der Waals surface area contributed by atoms with Crippen LogP contribution in [0.15, 0.2) is 48.5 Å². The number of carbonyl (C=O) groups is 1. The molecule has 1 amide bonds. The summed E-state index contributed by atoms with van der Waals surface area (Å²) in [5.74, 6) is 0.791. The maximum absolute atomic E-state index is 11.8.